The van der Waals surface area contributed by atoms with Crippen molar-refractivity contribution in [2.24, 2.45) is 0 Å². The molecule has 5 N–H and O–H groups in total. The number of aromatic amines is 2. The average Bonchev–Trinajstić information content (AvgIpc) is 2.78. The molecule has 0 aliphatic carbocycles. The second kappa shape index (κ2) is 9.42. The minimum absolute atomic E-state index is 0.0348. The van der Waals surface area contributed by atoms with Crippen LogP contribution < -0.4 is 21.8 Å². The second-order valence-corrected chi connectivity index (χ2v) is 7.65. The van der Waals surface area contributed by atoms with Crippen molar-refractivity contribution in [2.45, 2.75) is 26.3 Å². The number of carbonyl (C=O) groups excluding carboxylic acids is 1. The highest BCUT2D eigenvalue weighted by molar-refractivity contribution is 5.99. The van der Waals surface area contributed by atoms with Gasteiger partial charge in [-0.3, -0.25) is 24.6 Å². The number of anilines is 3. The lowest BCUT2D eigenvalue weighted by atomic mass is 10.0. The standard InChI is InChI=1S/C23H27N5O4/c1-5-16(14-9-7-6-8-10-14)24-18-19(22(31)27-26-21(18)30)25-17-13(2)11-12-15(20(17)29)23(32)28(3)4/h6-12,16,29H,5H2,1-4H3,(H2,24,27,31)(H2,25,26,30)/t16-/m1/s1. The first kappa shape index (κ1) is 22.7. The van der Waals surface area contributed by atoms with Gasteiger partial charge in [-0.05, 0) is 30.5 Å². The zero-order valence-corrected chi connectivity index (χ0v) is 18.4. The highest BCUT2D eigenvalue weighted by Crippen LogP contribution is 2.35. The van der Waals surface area contributed by atoms with Gasteiger partial charge in [-0.25, -0.2) is 0 Å². The summed E-state index contributed by atoms with van der Waals surface area (Å²) in [6, 6.07) is 12.5. The predicted molar refractivity (Wildman–Crippen MR) is 125 cm³/mol. The molecule has 3 rings (SSSR count). The molecular formula is C23H27N5O4. The molecule has 0 saturated heterocycles. The first-order valence-electron chi connectivity index (χ1n) is 10.2. The molecule has 1 atom stereocenters. The first-order chi connectivity index (χ1) is 15.2. The molecule has 0 spiro atoms. The smallest absolute Gasteiger partial charge is 0.288 e. The van der Waals surface area contributed by atoms with E-state index in [1.54, 1.807) is 27.1 Å². The molecule has 0 aliphatic heterocycles. The Bertz CT molecular complexity index is 1230. The lowest BCUT2D eigenvalue weighted by molar-refractivity contribution is 0.0824. The Kier molecular flexibility index (Phi) is 6.67. The SMILES string of the molecule is CC[C@@H](Nc1c(Nc2c(C)ccc(C(=O)N(C)C)c2O)c(=O)[nH][nH]c1=O)c1ccccc1. The molecule has 168 valence electrons. The monoisotopic (exact) mass is 437 g/mol. The van der Waals surface area contributed by atoms with E-state index in [4.69, 9.17) is 0 Å². The maximum Gasteiger partial charge on any atom is 0.288 e. The Morgan fingerprint density at radius 3 is 2.22 bits per heavy atom. The number of phenolic OH excluding ortho intramolecular Hbond substituents is 1. The van der Waals surface area contributed by atoms with Crippen LogP contribution in [0.5, 0.6) is 5.75 Å². The number of rotatable bonds is 7. The minimum atomic E-state index is -0.585. The molecule has 0 radical (unpaired) electrons. The van der Waals surface area contributed by atoms with Crippen LogP contribution in [-0.4, -0.2) is 40.2 Å². The van der Waals surface area contributed by atoms with E-state index in [2.05, 4.69) is 20.8 Å². The number of nitrogens with zero attached hydrogens (tertiary/aromatic N) is 1. The molecule has 9 nitrogen and oxygen atoms in total. The summed E-state index contributed by atoms with van der Waals surface area (Å²) >= 11 is 0. The van der Waals surface area contributed by atoms with Gasteiger partial charge in [0.15, 0.2) is 5.75 Å². The topological polar surface area (TPSA) is 130 Å². The van der Waals surface area contributed by atoms with Gasteiger partial charge in [-0.1, -0.05) is 43.3 Å². The third-order valence-corrected chi connectivity index (χ3v) is 5.20. The number of aryl methyl sites for hydroxylation is 1. The fourth-order valence-corrected chi connectivity index (χ4v) is 3.39. The van der Waals surface area contributed by atoms with Crippen molar-refractivity contribution in [1.29, 1.82) is 0 Å². The number of hydrogen-bond donors (Lipinski definition) is 5. The van der Waals surface area contributed by atoms with Crippen LogP contribution in [0.1, 0.15) is 40.9 Å². The second-order valence-electron chi connectivity index (χ2n) is 7.65. The zero-order chi connectivity index (χ0) is 23.4. The minimum Gasteiger partial charge on any atom is -0.505 e. The molecule has 1 heterocycles. The Labute approximate surface area is 185 Å². The van der Waals surface area contributed by atoms with Gasteiger partial charge in [0.1, 0.15) is 11.4 Å². The molecule has 32 heavy (non-hydrogen) atoms. The van der Waals surface area contributed by atoms with Crippen molar-refractivity contribution in [3.05, 3.63) is 79.9 Å². The van der Waals surface area contributed by atoms with Gasteiger partial charge in [-0.2, -0.15) is 0 Å². The van der Waals surface area contributed by atoms with Crippen molar-refractivity contribution in [3.63, 3.8) is 0 Å². The van der Waals surface area contributed by atoms with Crippen LogP contribution in [0.3, 0.4) is 0 Å². The zero-order valence-electron chi connectivity index (χ0n) is 18.4. The molecule has 2 aromatic carbocycles. The van der Waals surface area contributed by atoms with E-state index in [-0.39, 0.29) is 40.3 Å². The number of benzene rings is 2. The van der Waals surface area contributed by atoms with Gasteiger partial charge >= 0.3 is 0 Å². The van der Waals surface area contributed by atoms with Crippen molar-refractivity contribution >= 4 is 23.0 Å². The molecule has 1 aromatic heterocycles. The van der Waals surface area contributed by atoms with Gasteiger partial charge in [-0.15, -0.1) is 0 Å². The van der Waals surface area contributed by atoms with E-state index in [1.807, 2.05) is 37.3 Å². The lowest BCUT2D eigenvalue weighted by Gasteiger charge is -2.21. The molecule has 0 bridgehead atoms. The molecule has 3 aromatic rings. The molecular weight excluding hydrogens is 410 g/mol. The summed E-state index contributed by atoms with van der Waals surface area (Å²) in [5.41, 5.74) is 0.664. The number of H-pyrrole nitrogens is 2. The maximum absolute atomic E-state index is 12.7. The highest BCUT2D eigenvalue weighted by atomic mass is 16.3. The Morgan fingerprint density at radius 1 is 1.00 bits per heavy atom. The third-order valence-electron chi connectivity index (χ3n) is 5.20. The van der Waals surface area contributed by atoms with Gasteiger partial charge in [0, 0.05) is 14.1 Å². The van der Waals surface area contributed by atoms with Crippen molar-refractivity contribution < 1.29 is 9.90 Å². The van der Waals surface area contributed by atoms with E-state index in [9.17, 15) is 19.5 Å². The molecule has 0 aliphatic rings. The number of carbonyl (C=O) groups is 1. The largest absolute Gasteiger partial charge is 0.505 e. The number of nitrogens with one attached hydrogen (secondary N) is 4. The Balaban J connectivity index is 2.08. The van der Waals surface area contributed by atoms with Crippen LogP contribution in [0.2, 0.25) is 0 Å². The average molecular weight is 438 g/mol. The van der Waals surface area contributed by atoms with E-state index in [0.29, 0.717) is 12.0 Å². The third kappa shape index (κ3) is 4.51. The quantitative estimate of drug-likeness (QED) is 0.361. The van der Waals surface area contributed by atoms with Crippen molar-refractivity contribution in [2.75, 3.05) is 24.7 Å². The van der Waals surface area contributed by atoms with Gasteiger partial charge in [0.25, 0.3) is 17.0 Å². The van der Waals surface area contributed by atoms with Gasteiger partial charge < -0.3 is 20.6 Å². The Morgan fingerprint density at radius 2 is 1.62 bits per heavy atom. The summed E-state index contributed by atoms with van der Waals surface area (Å²) in [4.78, 5) is 39.1. The molecule has 0 saturated carbocycles. The Hall–Kier alpha value is -4.01. The van der Waals surface area contributed by atoms with Crippen LogP contribution in [0.25, 0.3) is 0 Å². The summed E-state index contributed by atoms with van der Waals surface area (Å²) in [5, 5.41) is 21.5. The van der Waals surface area contributed by atoms with E-state index >= 15 is 0 Å². The molecule has 0 fully saturated rings. The van der Waals surface area contributed by atoms with E-state index in [1.165, 1.54) is 11.0 Å². The highest BCUT2D eigenvalue weighted by Gasteiger charge is 2.22. The molecule has 1 amide bonds. The number of aromatic nitrogens is 2. The van der Waals surface area contributed by atoms with Crippen molar-refractivity contribution in [1.82, 2.24) is 15.1 Å². The summed E-state index contributed by atoms with van der Waals surface area (Å²) in [6.07, 6.45) is 0.660. The van der Waals surface area contributed by atoms with E-state index in [0.717, 1.165) is 5.56 Å². The normalized spacial score (nSPS) is 11.6. The van der Waals surface area contributed by atoms with Crippen LogP contribution in [0, 0.1) is 6.92 Å². The maximum atomic E-state index is 12.7. The number of phenols is 1. The fourth-order valence-electron chi connectivity index (χ4n) is 3.39. The summed E-state index contributed by atoms with van der Waals surface area (Å²) < 4.78 is 0. The van der Waals surface area contributed by atoms with Crippen LogP contribution >= 0.6 is 0 Å². The van der Waals surface area contributed by atoms with Crippen LogP contribution in [0.15, 0.2) is 52.1 Å². The fraction of sp³-hybridized carbons (Fsp3) is 0.261. The predicted octanol–water partition coefficient (Wildman–Crippen LogP) is 3.09. The van der Waals surface area contributed by atoms with Crippen LogP contribution in [-0.2, 0) is 0 Å². The summed E-state index contributed by atoms with van der Waals surface area (Å²) in [7, 11) is 3.15. The van der Waals surface area contributed by atoms with Gasteiger partial charge in [0.05, 0.1) is 17.3 Å². The number of amides is 1. The van der Waals surface area contributed by atoms with Crippen molar-refractivity contribution in [3.8, 4) is 5.75 Å². The van der Waals surface area contributed by atoms with E-state index < -0.39 is 11.1 Å². The number of hydrogen-bond acceptors (Lipinski definition) is 6. The first-order valence-corrected chi connectivity index (χ1v) is 10.2. The summed E-state index contributed by atoms with van der Waals surface area (Å²) in [5.74, 6) is -0.691. The molecule has 0 unspecified atom stereocenters. The summed E-state index contributed by atoms with van der Waals surface area (Å²) in [6.45, 7) is 3.69. The molecule has 9 heteroatoms. The van der Waals surface area contributed by atoms with Gasteiger partial charge in [0.2, 0.25) is 0 Å². The number of aromatic hydroxyl groups is 1. The lowest BCUT2D eigenvalue weighted by Crippen LogP contribution is -2.27. The van der Waals surface area contributed by atoms with Crippen LogP contribution in [0.4, 0.5) is 17.1 Å².